The molecule has 0 radical (unpaired) electrons. The van der Waals surface area contributed by atoms with Gasteiger partial charge in [0.05, 0.1) is 18.9 Å². The predicted molar refractivity (Wildman–Crippen MR) is 217 cm³/mol. The van der Waals surface area contributed by atoms with Gasteiger partial charge in [-0.3, -0.25) is 53.4 Å². The van der Waals surface area contributed by atoms with Crippen molar-refractivity contribution in [1.82, 2.24) is 37.2 Å². The molecule has 26 heteroatoms. The van der Waals surface area contributed by atoms with Gasteiger partial charge in [-0.05, 0) is 50.4 Å². The van der Waals surface area contributed by atoms with Crippen LogP contribution in [0.3, 0.4) is 0 Å². The lowest BCUT2D eigenvalue weighted by Gasteiger charge is -2.28. The molecule has 0 fully saturated rings. The smallest absolute Gasteiger partial charge is 0.326 e. The Morgan fingerprint density at radius 3 is 1.32 bits per heavy atom. The highest BCUT2D eigenvalue weighted by Crippen LogP contribution is 2.11. The van der Waals surface area contributed by atoms with E-state index in [-0.39, 0.29) is 50.0 Å². The maximum atomic E-state index is 13.8. The van der Waals surface area contributed by atoms with Crippen LogP contribution in [-0.4, -0.2) is 135 Å². The van der Waals surface area contributed by atoms with Gasteiger partial charge in [-0.2, -0.15) is 0 Å². The Kier molecular flexibility index (Phi) is 25.0. The average molecular weight is 887 g/mol. The van der Waals surface area contributed by atoms with Crippen LogP contribution >= 0.6 is 0 Å². The number of primary amides is 2. The Morgan fingerprint density at radius 2 is 0.903 bits per heavy atom. The van der Waals surface area contributed by atoms with E-state index in [1.54, 1.807) is 27.7 Å². The zero-order chi connectivity index (χ0) is 47.9. The molecule has 19 N–H and O–H groups in total. The quantitative estimate of drug-likeness (QED) is 0.0176. The summed E-state index contributed by atoms with van der Waals surface area (Å²) in [5.41, 5.74) is 21.6. The Hall–Kier alpha value is -6.60. The summed E-state index contributed by atoms with van der Waals surface area (Å²) in [4.78, 5) is 138. The van der Waals surface area contributed by atoms with Gasteiger partial charge in [-0.15, -0.1) is 0 Å². The van der Waals surface area contributed by atoms with Crippen molar-refractivity contribution in [3.8, 4) is 0 Å². The van der Waals surface area contributed by atoms with E-state index < -0.39 is 146 Å². The van der Waals surface area contributed by atoms with Crippen molar-refractivity contribution < 1.29 is 68.1 Å². The number of aliphatic carboxylic acids is 3. The number of carbonyl (C=O) groups excluding carboxylic acids is 8. The van der Waals surface area contributed by atoms with Crippen LogP contribution in [0.5, 0.6) is 0 Å². The van der Waals surface area contributed by atoms with E-state index in [1.807, 2.05) is 0 Å². The number of rotatable bonds is 31. The molecular formula is C36H62N12O14. The van der Waals surface area contributed by atoms with Crippen molar-refractivity contribution in [2.45, 2.75) is 134 Å². The Morgan fingerprint density at radius 1 is 0.500 bits per heavy atom. The number of hydrogen-bond donors (Lipinski definition) is 15. The van der Waals surface area contributed by atoms with Gasteiger partial charge in [0.25, 0.3) is 0 Å². The van der Waals surface area contributed by atoms with Crippen LogP contribution in [0.15, 0.2) is 0 Å². The maximum absolute atomic E-state index is 13.8. The lowest BCUT2D eigenvalue weighted by molar-refractivity contribution is -0.143. The largest absolute Gasteiger partial charge is 0.481 e. The van der Waals surface area contributed by atoms with Crippen LogP contribution < -0.4 is 60.2 Å². The summed E-state index contributed by atoms with van der Waals surface area (Å²) < 4.78 is 0. The zero-order valence-corrected chi connectivity index (χ0v) is 35.1. The summed E-state index contributed by atoms with van der Waals surface area (Å²) in [5.74, 6) is -13.4. The molecule has 7 atom stereocenters. The first-order valence-electron chi connectivity index (χ1n) is 19.6. The number of hydrogen-bond acceptors (Lipinski definition) is 13. The van der Waals surface area contributed by atoms with Gasteiger partial charge >= 0.3 is 17.9 Å². The van der Waals surface area contributed by atoms with Crippen LogP contribution in [-0.2, 0) is 52.7 Å². The summed E-state index contributed by atoms with van der Waals surface area (Å²) in [6, 6.07) is -10.9. The normalized spacial score (nSPS) is 14.3. The minimum Gasteiger partial charge on any atom is -0.481 e. The van der Waals surface area contributed by atoms with Gasteiger partial charge < -0.3 is 75.5 Å². The number of carboxylic acid groups (broad SMARTS) is 3. The first-order valence-corrected chi connectivity index (χ1v) is 19.6. The number of amides is 8. The third kappa shape index (κ3) is 23.9. The molecule has 0 aromatic carbocycles. The number of nitrogens with one attached hydrogen (secondary N) is 8. The van der Waals surface area contributed by atoms with Crippen LogP contribution in [0.25, 0.3) is 0 Å². The van der Waals surface area contributed by atoms with Gasteiger partial charge in [-0.1, -0.05) is 27.7 Å². The Balaban J connectivity index is 6.51. The van der Waals surface area contributed by atoms with E-state index in [0.29, 0.717) is 0 Å². The third-order valence-corrected chi connectivity index (χ3v) is 8.64. The Bertz CT molecular complexity index is 1640. The summed E-state index contributed by atoms with van der Waals surface area (Å²) >= 11 is 0. The van der Waals surface area contributed by atoms with Crippen LogP contribution in [0.2, 0.25) is 0 Å². The SMILES string of the molecule is CC(C)C[C@H](NC(=O)[C@H](CCC(N)=O)NC(=O)[C@H](CC(N)=O)NC(=O)[C@H](CC(C)C)NC(=O)[C@H](CCCNC(=N)N)NC(=O)[C@@H](N)CC(=O)O)C(=O)N[C@@H](CCC(=O)O)C(=O)O. The summed E-state index contributed by atoms with van der Waals surface area (Å²) in [7, 11) is 0. The maximum Gasteiger partial charge on any atom is 0.326 e. The first kappa shape index (κ1) is 55.4. The molecule has 0 saturated carbocycles. The van der Waals surface area contributed by atoms with E-state index >= 15 is 0 Å². The molecule has 0 bridgehead atoms. The lowest BCUT2D eigenvalue weighted by Crippen LogP contribution is -2.60. The number of nitrogens with two attached hydrogens (primary N) is 4. The van der Waals surface area contributed by atoms with Gasteiger partial charge in [0, 0.05) is 19.4 Å². The lowest BCUT2D eigenvalue weighted by atomic mass is 10.0. The second-order valence-corrected chi connectivity index (χ2v) is 15.3. The molecule has 0 rings (SSSR count). The van der Waals surface area contributed by atoms with E-state index in [2.05, 4.69) is 37.2 Å². The average Bonchev–Trinajstić information content (AvgIpc) is 3.13. The molecule has 26 nitrogen and oxygen atoms in total. The van der Waals surface area contributed by atoms with Gasteiger partial charge in [0.2, 0.25) is 47.3 Å². The van der Waals surface area contributed by atoms with Crippen LogP contribution in [0, 0.1) is 17.2 Å². The minimum absolute atomic E-state index is 0.0718. The molecule has 0 saturated heterocycles. The zero-order valence-electron chi connectivity index (χ0n) is 35.1. The molecule has 0 aliphatic rings. The molecule has 350 valence electrons. The van der Waals surface area contributed by atoms with Crippen molar-refractivity contribution in [3.05, 3.63) is 0 Å². The molecule has 62 heavy (non-hydrogen) atoms. The van der Waals surface area contributed by atoms with E-state index in [1.165, 1.54) is 0 Å². The monoisotopic (exact) mass is 886 g/mol. The summed E-state index contributed by atoms with van der Waals surface area (Å²) in [6.45, 7) is 6.80. The van der Waals surface area contributed by atoms with Crippen molar-refractivity contribution >= 4 is 71.1 Å². The molecule has 0 aromatic rings. The minimum atomic E-state index is -1.81. The molecule has 0 spiro atoms. The van der Waals surface area contributed by atoms with E-state index in [0.717, 1.165) is 0 Å². The van der Waals surface area contributed by atoms with Crippen LogP contribution in [0.1, 0.15) is 91.9 Å². The summed E-state index contributed by atoms with van der Waals surface area (Å²) in [6.07, 6.45) is -3.77. The molecule has 0 heterocycles. The fraction of sp³-hybridized carbons (Fsp3) is 0.667. The third-order valence-electron chi connectivity index (χ3n) is 8.64. The van der Waals surface area contributed by atoms with Gasteiger partial charge in [-0.25, -0.2) is 4.79 Å². The van der Waals surface area contributed by atoms with Crippen molar-refractivity contribution in [3.63, 3.8) is 0 Å². The first-order chi connectivity index (χ1) is 28.7. The fourth-order valence-electron chi connectivity index (χ4n) is 5.62. The fourth-order valence-corrected chi connectivity index (χ4v) is 5.62. The topological polar surface area (TPSA) is 461 Å². The number of guanidine groups is 1. The van der Waals surface area contributed by atoms with E-state index in [4.69, 9.17) is 38.6 Å². The van der Waals surface area contributed by atoms with Crippen molar-refractivity contribution in [2.24, 2.45) is 34.8 Å². The standard InChI is InChI=1S/C36H62N12O14/c1-16(2)12-22(32(58)45-21(35(61)62)8-10-27(51)52)47-31(57)20(7-9-25(38)49)44-34(60)24(15-26(39)50)48-33(59)23(13-17(3)4)46-30(56)19(6-5-11-42-36(40)41)43-29(55)18(37)14-28(53)54/h16-24H,5-15,37H2,1-4H3,(H2,38,49)(H2,39,50)(H,43,55)(H,44,60)(H,45,58)(H,46,56)(H,47,57)(H,48,59)(H,51,52)(H,53,54)(H,61,62)(H4,40,41,42)/t18-,19-,20-,21-,22-,23-,24-/m0/s1. The second-order valence-electron chi connectivity index (χ2n) is 15.3. The van der Waals surface area contributed by atoms with Crippen molar-refractivity contribution in [2.75, 3.05) is 6.54 Å². The summed E-state index contributed by atoms with van der Waals surface area (Å²) in [5, 5.41) is 51.4. The highest BCUT2D eigenvalue weighted by Gasteiger charge is 2.35. The van der Waals surface area contributed by atoms with Crippen molar-refractivity contribution in [1.29, 1.82) is 5.41 Å². The molecule has 0 aromatic heterocycles. The highest BCUT2D eigenvalue weighted by atomic mass is 16.4. The molecule has 0 aliphatic carbocycles. The molecule has 0 unspecified atom stereocenters. The Labute approximate surface area is 357 Å². The number of carbonyl (C=O) groups is 11. The molecular weight excluding hydrogens is 824 g/mol. The van der Waals surface area contributed by atoms with Gasteiger partial charge in [0.15, 0.2) is 5.96 Å². The van der Waals surface area contributed by atoms with Gasteiger partial charge in [0.1, 0.15) is 36.3 Å². The molecule has 0 aliphatic heterocycles. The molecule has 8 amide bonds. The van der Waals surface area contributed by atoms with Crippen LogP contribution in [0.4, 0.5) is 0 Å². The van der Waals surface area contributed by atoms with E-state index in [9.17, 15) is 57.8 Å². The predicted octanol–water partition coefficient (Wildman–Crippen LogP) is -4.86. The number of carboxylic acids is 3. The second kappa shape index (κ2) is 28.0. The highest BCUT2D eigenvalue weighted by molar-refractivity contribution is 5.98.